The van der Waals surface area contributed by atoms with Crippen LogP contribution in [0.15, 0.2) is 48.6 Å². The van der Waals surface area contributed by atoms with E-state index >= 15 is 0 Å². The Morgan fingerprint density at radius 1 is 0.378 bits per heavy atom. The summed E-state index contributed by atoms with van der Waals surface area (Å²) >= 11 is 0. The van der Waals surface area contributed by atoms with Gasteiger partial charge >= 0.3 is 5.97 Å². The number of ether oxygens (including phenoxy) is 1. The van der Waals surface area contributed by atoms with E-state index in [4.69, 9.17) is 4.74 Å². The number of rotatable bonds is 61. The van der Waals surface area contributed by atoms with E-state index in [0.717, 1.165) is 57.8 Å². The average Bonchev–Trinajstić information content (AvgIpc) is 3.40. The molecule has 0 saturated heterocycles. The lowest BCUT2D eigenvalue weighted by atomic mass is 10.0. The summed E-state index contributed by atoms with van der Waals surface area (Å²) in [7, 11) is 0. The lowest BCUT2D eigenvalue weighted by molar-refractivity contribution is -0.143. The number of carbonyl (C=O) groups is 2. The minimum Gasteiger partial charge on any atom is -0.466 e. The highest BCUT2D eigenvalue weighted by Gasteiger charge is 2.20. The van der Waals surface area contributed by atoms with Gasteiger partial charge in [0.05, 0.1) is 25.4 Å². The summed E-state index contributed by atoms with van der Waals surface area (Å²) in [6.45, 7) is 4.93. The Morgan fingerprint density at radius 3 is 1.05 bits per heavy atom. The van der Waals surface area contributed by atoms with Crippen LogP contribution in [0.1, 0.15) is 348 Å². The lowest BCUT2D eigenvalue weighted by Crippen LogP contribution is -2.45. The fourth-order valence-corrected chi connectivity index (χ4v) is 10.1. The number of aliphatic hydroxyl groups is 2. The molecular weight excluding hydrogens is 911 g/mol. The molecule has 74 heavy (non-hydrogen) atoms. The van der Waals surface area contributed by atoms with Crippen LogP contribution >= 0.6 is 0 Å². The molecule has 2 atom stereocenters. The van der Waals surface area contributed by atoms with E-state index < -0.39 is 12.1 Å². The van der Waals surface area contributed by atoms with Crippen molar-refractivity contribution in [3.05, 3.63) is 48.6 Å². The molecule has 0 saturated carbocycles. The third kappa shape index (κ3) is 59.1. The number of amides is 1. The van der Waals surface area contributed by atoms with Gasteiger partial charge in [0, 0.05) is 12.8 Å². The minimum atomic E-state index is -0.665. The van der Waals surface area contributed by atoms with Gasteiger partial charge in [-0.2, -0.15) is 0 Å². The van der Waals surface area contributed by atoms with E-state index in [0.29, 0.717) is 25.9 Å². The molecule has 0 spiro atoms. The number of nitrogens with one attached hydrogen (secondary N) is 1. The Labute approximate surface area is 461 Å². The van der Waals surface area contributed by atoms with Crippen molar-refractivity contribution < 1.29 is 24.5 Å². The smallest absolute Gasteiger partial charge is 0.305 e. The molecule has 0 aromatic heterocycles. The van der Waals surface area contributed by atoms with E-state index in [1.165, 1.54) is 257 Å². The number of carbonyl (C=O) groups excluding carboxylic acids is 2. The van der Waals surface area contributed by atoms with Gasteiger partial charge in [-0.25, -0.2) is 0 Å². The highest BCUT2D eigenvalue weighted by Crippen LogP contribution is 2.17. The van der Waals surface area contributed by atoms with Gasteiger partial charge in [-0.05, 0) is 89.9 Å². The van der Waals surface area contributed by atoms with E-state index in [2.05, 4.69) is 67.8 Å². The van der Waals surface area contributed by atoms with Gasteiger partial charge in [-0.3, -0.25) is 9.59 Å². The molecule has 0 radical (unpaired) electrons. The molecule has 0 aromatic carbocycles. The number of hydrogen-bond acceptors (Lipinski definition) is 5. The second-order valence-electron chi connectivity index (χ2n) is 22.4. The maximum Gasteiger partial charge on any atom is 0.305 e. The maximum absolute atomic E-state index is 12.4. The second kappa shape index (κ2) is 63.4. The van der Waals surface area contributed by atoms with Gasteiger partial charge in [-0.1, -0.05) is 294 Å². The van der Waals surface area contributed by atoms with Crippen LogP contribution in [0.2, 0.25) is 0 Å². The Balaban J connectivity index is 3.39. The molecule has 434 valence electrons. The average molecular weight is 1040 g/mol. The number of hydrogen-bond donors (Lipinski definition) is 3. The molecule has 3 N–H and O–H groups in total. The van der Waals surface area contributed by atoms with Crippen LogP contribution in [-0.2, 0) is 14.3 Å². The van der Waals surface area contributed by atoms with Crippen molar-refractivity contribution in [1.29, 1.82) is 0 Å². The molecule has 0 fully saturated rings. The van der Waals surface area contributed by atoms with Crippen LogP contribution in [0.3, 0.4) is 0 Å². The Morgan fingerprint density at radius 2 is 0.676 bits per heavy atom. The molecular formula is C68H127NO5. The Bertz CT molecular complexity index is 1240. The van der Waals surface area contributed by atoms with Crippen LogP contribution in [0.5, 0.6) is 0 Å². The van der Waals surface area contributed by atoms with E-state index in [1.54, 1.807) is 0 Å². The zero-order valence-corrected chi connectivity index (χ0v) is 49.6. The summed E-state index contributed by atoms with van der Waals surface area (Å²) in [5.74, 6) is -0.0320. The zero-order valence-electron chi connectivity index (χ0n) is 49.6. The summed E-state index contributed by atoms with van der Waals surface area (Å²) in [5.41, 5.74) is 0. The first-order valence-corrected chi connectivity index (χ1v) is 32.9. The zero-order chi connectivity index (χ0) is 53.6. The lowest BCUT2D eigenvalue weighted by Gasteiger charge is -2.22. The molecule has 6 heteroatoms. The first-order chi connectivity index (χ1) is 36.5. The van der Waals surface area contributed by atoms with Gasteiger partial charge < -0.3 is 20.3 Å². The van der Waals surface area contributed by atoms with Gasteiger partial charge in [0.2, 0.25) is 5.91 Å². The van der Waals surface area contributed by atoms with Crippen molar-refractivity contribution in [3.8, 4) is 0 Å². The molecule has 0 bridgehead atoms. The van der Waals surface area contributed by atoms with Crippen molar-refractivity contribution in [2.75, 3.05) is 13.2 Å². The predicted octanol–water partition coefficient (Wildman–Crippen LogP) is 20.9. The normalized spacial score (nSPS) is 12.9. The van der Waals surface area contributed by atoms with Crippen LogP contribution in [0.4, 0.5) is 0 Å². The van der Waals surface area contributed by atoms with Crippen molar-refractivity contribution in [2.45, 2.75) is 360 Å². The predicted molar refractivity (Wildman–Crippen MR) is 324 cm³/mol. The van der Waals surface area contributed by atoms with E-state index in [9.17, 15) is 19.8 Å². The topological polar surface area (TPSA) is 95.9 Å². The van der Waals surface area contributed by atoms with Gasteiger partial charge in [0.1, 0.15) is 0 Å². The highest BCUT2D eigenvalue weighted by molar-refractivity contribution is 5.76. The standard InChI is InChI=1S/C68H127NO5/c1-3-5-7-9-11-13-15-16-17-18-28-32-35-38-42-46-50-54-58-62-68(73)74-63-59-55-51-47-43-39-36-33-30-27-25-23-21-19-20-22-24-26-29-31-34-37-41-45-49-53-57-61-67(72)69-65(64-70)66(71)60-56-52-48-44-40-14-12-10-8-6-4-2/h11,13,16-17,19-20,23,25,65-66,70-71H,3-10,12,14-15,18,21-22,24,26-64H2,1-2H3,(H,69,72)/b13-11-,17-16-,20-19-,25-23-. The Kier molecular flexibility index (Phi) is 61.5. The quantitative estimate of drug-likeness (QED) is 0.0320. The summed E-state index contributed by atoms with van der Waals surface area (Å²) in [5, 5.41) is 23.2. The summed E-state index contributed by atoms with van der Waals surface area (Å²) in [6, 6.07) is -0.543. The molecule has 6 nitrogen and oxygen atoms in total. The third-order valence-corrected chi connectivity index (χ3v) is 15.1. The third-order valence-electron chi connectivity index (χ3n) is 15.1. The second-order valence-corrected chi connectivity index (χ2v) is 22.4. The van der Waals surface area contributed by atoms with Crippen molar-refractivity contribution in [2.24, 2.45) is 0 Å². The number of unbranched alkanes of at least 4 members (excludes halogenated alkanes) is 42. The van der Waals surface area contributed by atoms with Crippen molar-refractivity contribution >= 4 is 11.9 Å². The largest absolute Gasteiger partial charge is 0.466 e. The molecule has 0 heterocycles. The van der Waals surface area contributed by atoms with Crippen LogP contribution < -0.4 is 5.32 Å². The summed E-state index contributed by atoms with van der Waals surface area (Å²) < 4.78 is 5.50. The Hall–Kier alpha value is -2.18. The maximum atomic E-state index is 12.4. The van der Waals surface area contributed by atoms with E-state index in [1.807, 2.05) is 0 Å². The molecule has 1 amide bonds. The van der Waals surface area contributed by atoms with Crippen LogP contribution in [0.25, 0.3) is 0 Å². The molecule has 0 aromatic rings. The summed E-state index contributed by atoms with van der Waals surface area (Å²) in [4.78, 5) is 24.5. The van der Waals surface area contributed by atoms with Gasteiger partial charge in [0.25, 0.3) is 0 Å². The first kappa shape index (κ1) is 71.8. The monoisotopic (exact) mass is 1040 g/mol. The minimum absolute atomic E-state index is 0.00673. The summed E-state index contributed by atoms with van der Waals surface area (Å²) in [6.07, 6.45) is 81.4. The first-order valence-electron chi connectivity index (χ1n) is 32.9. The van der Waals surface area contributed by atoms with Crippen LogP contribution in [0, 0.1) is 0 Å². The number of esters is 1. The molecule has 0 aliphatic heterocycles. The van der Waals surface area contributed by atoms with Crippen molar-refractivity contribution in [3.63, 3.8) is 0 Å². The molecule has 0 aliphatic rings. The number of aliphatic hydroxyl groups excluding tert-OH is 2. The van der Waals surface area contributed by atoms with Gasteiger partial charge in [0.15, 0.2) is 0 Å². The molecule has 0 rings (SSSR count). The molecule has 2 unspecified atom stereocenters. The fourth-order valence-electron chi connectivity index (χ4n) is 10.1. The molecule has 0 aliphatic carbocycles. The van der Waals surface area contributed by atoms with E-state index in [-0.39, 0.29) is 18.5 Å². The fraction of sp³-hybridized carbons (Fsp3) is 0.853. The number of allylic oxidation sites excluding steroid dienone is 8. The SMILES string of the molecule is CCCCC/C=C\C/C=C\CCCCCCCCCCCC(=O)OCCCCCCCCCCC/C=C\C/C=C\CCCCCCCCCCCCCC(=O)NC(CO)C(O)CCCCCCCCCCCCC. The highest BCUT2D eigenvalue weighted by atomic mass is 16.5. The van der Waals surface area contributed by atoms with Crippen molar-refractivity contribution in [1.82, 2.24) is 5.32 Å². The van der Waals surface area contributed by atoms with Crippen LogP contribution in [-0.4, -0.2) is 47.4 Å². The van der Waals surface area contributed by atoms with Gasteiger partial charge in [-0.15, -0.1) is 0 Å².